The lowest BCUT2D eigenvalue weighted by atomic mass is 10.2. The van der Waals surface area contributed by atoms with Gasteiger partial charge in [0.25, 0.3) is 0 Å². The molecule has 1 N–H and O–H groups in total. The number of benzene rings is 1. The third-order valence-corrected chi connectivity index (χ3v) is 2.63. The van der Waals surface area contributed by atoms with E-state index in [9.17, 15) is 0 Å². The minimum Gasteiger partial charge on any atom is -0.309 e. The standard InChI is InChI=1S/C14H19N3/c1-11(2)15-10-13-8-9-17(16-13)14-6-4-12(3)5-7-14/h4-9,11,15H,10H2,1-3H3. The van der Waals surface area contributed by atoms with Gasteiger partial charge in [-0.05, 0) is 25.1 Å². The molecule has 0 aliphatic heterocycles. The maximum Gasteiger partial charge on any atom is 0.0766 e. The molecule has 0 radical (unpaired) electrons. The zero-order valence-electron chi connectivity index (χ0n) is 10.6. The molecule has 0 fully saturated rings. The number of rotatable bonds is 4. The van der Waals surface area contributed by atoms with Gasteiger partial charge in [0, 0.05) is 18.8 Å². The van der Waals surface area contributed by atoms with Crippen LogP contribution in [-0.2, 0) is 6.54 Å². The lowest BCUT2D eigenvalue weighted by molar-refractivity contribution is 0.578. The van der Waals surface area contributed by atoms with Crippen LogP contribution in [0.1, 0.15) is 25.1 Å². The fraction of sp³-hybridized carbons (Fsp3) is 0.357. The van der Waals surface area contributed by atoms with Crippen LogP contribution < -0.4 is 5.32 Å². The predicted octanol–water partition coefficient (Wildman–Crippen LogP) is 2.68. The van der Waals surface area contributed by atoms with Gasteiger partial charge in [-0.2, -0.15) is 5.10 Å². The van der Waals surface area contributed by atoms with Crippen molar-refractivity contribution in [2.45, 2.75) is 33.4 Å². The SMILES string of the molecule is Cc1ccc(-n2ccc(CNC(C)C)n2)cc1. The molecule has 0 aliphatic rings. The first-order chi connectivity index (χ1) is 8.15. The zero-order valence-corrected chi connectivity index (χ0v) is 10.6. The Morgan fingerprint density at radius 2 is 1.88 bits per heavy atom. The van der Waals surface area contributed by atoms with E-state index in [0.29, 0.717) is 6.04 Å². The largest absolute Gasteiger partial charge is 0.309 e. The molecule has 0 atom stereocenters. The van der Waals surface area contributed by atoms with Gasteiger partial charge < -0.3 is 5.32 Å². The second kappa shape index (κ2) is 5.15. The molecule has 0 unspecified atom stereocenters. The van der Waals surface area contributed by atoms with Crippen LogP contribution in [0.15, 0.2) is 36.5 Å². The van der Waals surface area contributed by atoms with Crippen molar-refractivity contribution in [3.8, 4) is 5.69 Å². The average Bonchev–Trinajstić information content (AvgIpc) is 2.76. The van der Waals surface area contributed by atoms with Crippen LogP contribution in [0.3, 0.4) is 0 Å². The number of aromatic nitrogens is 2. The first-order valence-electron chi connectivity index (χ1n) is 6.00. The summed E-state index contributed by atoms with van der Waals surface area (Å²) in [4.78, 5) is 0. The molecule has 3 nitrogen and oxygen atoms in total. The Morgan fingerprint density at radius 1 is 1.18 bits per heavy atom. The van der Waals surface area contributed by atoms with Crippen molar-refractivity contribution in [1.29, 1.82) is 0 Å². The Bertz CT molecular complexity index is 468. The van der Waals surface area contributed by atoms with Crippen molar-refractivity contribution >= 4 is 0 Å². The lowest BCUT2D eigenvalue weighted by Crippen LogP contribution is -2.22. The quantitative estimate of drug-likeness (QED) is 0.873. The highest BCUT2D eigenvalue weighted by molar-refractivity contribution is 5.33. The summed E-state index contributed by atoms with van der Waals surface area (Å²) >= 11 is 0. The van der Waals surface area contributed by atoms with Crippen LogP contribution in [0.5, 0.6) is 0 Å². The Balaban J connectivity index is 2.10. The monoisotopic (exact) mass is 229 g/mol. The molecule has 90 valence electrons. The molecule has 1 aromatic carbocycles. The minimum absolute atomic E-state index is 0.486. The van der Waals surface area contributed by atoms with E-state index in [-0.39, 0.29) is 0 Å². The highest BCUT2D eigenvalue weighted by atomic mass is 15.3. The minimum atomic E-state index is 0.486. The third kappa shape index (κ3) is 3.17. The zero-order chi connectivity index (χ0) is 12.3. The van der Waals surface area contributed by atoms with Crippen molar-refractivity contribution in [2.24, 2.45) is 0 Å². The molecule has 0 saturated heterocycles. The molecule has 3 heteroatoms. The number of nitrogens with one attached hydrogen (secondary N) is 1. The first kappa shape index (κ1) is 11.9. The van der Waals surface area contributed by atoms with Gasteiger partial charge in [0.05, 0.1) is 11.4 Å². The van der Waals surface area contributed by atoms with Crippen LogP contribution in [-0.4, -0.2) is 15.8 Å². The van der Waals surface area contributed by atoms with Gasteiger partial charge in [-0.1, -0.05) is 31.5 Å². The van der Waals surface area contributed by atoms with Gasteiger partial charge in [-0.15, -0.1) is 0 Å². The van der Waals surface area contributed by atoms with Gasteiger partial charge >= 0.3 is 0 Å². The van der Waals surface area contributed by atoms with Crippen LogP contribution in [0, 0.1) is 6.92 Å². The molecule has 0 saturated carbocycles. The summed E-state index contributed by atoms with van der Waals surface area (Å²) in [6.45, 7) is 7.18. The highest BCUT2D eigenvalue weighted by Gasteiger charge is 2.01. The fourth-order valence-corrected chi connectivity index (χ4v) is 1.61. The maximum absolute atomic E-state index is 4.54. The fourth-order valence-electron chi connectivity index (χ4n) is 1.61. The second-order valence-corrected chi connectivity index (χ2v) is 4.62. The van der Waals surface area contributed by atoms with Crippen LogP contribution in [0.25, 0.3) is 5.69 Å². The van der Waals surface area contributed by atoms with E-state index in [1.165, 1.54) is 5.56 Å². The van der Waals surface area contributed by atoms with Crippen molar-refractivity contribution in [1.82, 2.24) is 15.1 Å². The molecule has 0 spiro atoms. The van der Waals surface area contributed by atoms with Crippen LogP contribution in [0.2, 0.25) is 0 Å². The Morgan fingerprint density at radius 3 is 2.53 bits per heavy atom. The number of nitrogens with zero attached hydrogens (tertiary/aromatic N) is 2. The summed E-state index contributed by atoms with van der Waals surface area (Å²) in [7, 11) is 0. The van der Waals surface area contributed by atoms with Gasteiger partial charge in [0.2, 0.25) is 0 Å². The van der Waals surface area contributed by atoms with Gasteiger partial charge in [-0.25, -0.2) is 4.68 Å². The summed E-state index contributed by atoms with van der Waals surface area (Å²) in [5, 5.41) is 7.90. The first-order valence-corrected chi connectivity index (χ1v) is 6.00. The Kier molecular flexibility index (Phi) is 3.59. The van der Waals surface area contributed by atoms with Gasteiger partial charge in [0.15, 0.2) is 0 Å². The summed E-state index contributed by atoms with van der Waals surface area (Å²) in [6, 6.07) is 10.9. The molecular formula is C14H19N3. The molecule has 0 amide bonds. The predicted molar refractivity (Wildman–Crippen MR) is 70.3 cm³/mol. The topological polar surface area (TPSA) is 29.9 Å². The lowest BCUT2D eigenvalue weighted by Gasteiger charge is -2.05. The van der Waals surface area contributed by atoms with Gasteiger partial charge in [-0.3, -0.25) is 0 Å². The number of hydrogen-bond donors (Lipinski definition) is 1. The summed E-state index contributed by atoms with van der Waals surface area (Å²) < 4.78 is 1.91. The molecule has 2 aromatic rings. The van der Waals surface area contributed by atoms with E-state index < -0.39 is 0 Å². The Hall–Kier alpha value is -1.61. The number of aryl methyl sites for hydroxylation is 1. The van der Waals surface area contributed by atoms with E-state index >= 15 is 0 Å². The van der Waals surface area contributed by atoms with Crippen LogP contribution in [0.4, 0.5) is 0 Å². The summed E-state index contributed by atoms with van der Waals surface area (Å²) in [5.41, 5.74) is 3.44. The van der Waals surface area contributed by atoms with Crippen molar-refractivity contribution < 1.29 is 0 Å². The summed E-state index contributed by atoms with van der Waals surface area (Å²) in [6.07, 6.45) is 2.00. The number of hydrogen-bond acceptors (Lipinski definition) is 2. The highest BCUT2D eigenvalue weighted by Crippen LogP contribution is 2.09. The van der Waals surface area contributed by atoms with E-state index in [0.717, 1.165) is 17.9 Å². The van der Waals surface area contributed by atoms with E-state index in [1.54, 1.807) is 0 Å². The molecular weight excluding hydrogens is 210 g/mol. The smallest absolute Gasteiger partial charge is 0.0766 e. The molecule has 1 heterocycles. The van der Waals surface area contributed by atoms with Crippen molar-refractivity contribution in [3.63, 3.8) is 0 Å². The molecule has 0 bridgehead atoms. The van der Waals surface area contributed by atoms with Crippen LogP contribution >= 0.6 is 0 Å². The van der Waals surface area contributed by atoms with Crippen molar-refractivity contribution in [3.05, 3.63) is 47.8 Å². The van der Waals surface area contributed by atoms with Crippen molar-refractivity contribution in [2.75, 3.05) is 0 Å². The Labute approximate surface area is 102 Å². The normalized spacial score (nSPS) is 11.1. The summed E-state index contributed by atoms with van der Waals surface area (Å²) in [5.74, 6) is 0. The van der Waals surface area contributed by atoms with E-state index in [1.807, 2.05) is 10.9 Å². The van der Waals surface area contributed by atoms with E-state index in [2.05, 4.69) is 61.5 Å². The molecule has 0 aliphatic carbocycles. The average molecular weight is 229 g/mol. The molecule has 1 aromatic heterocycles. The van der Waals surface area contributed by atoms with E-state index in [4.69, 9.17) is 0 Å². The third-order valence-electron chi connectivity index (χ3n) is 2.63. The van der Waals surface area contributed by atoms with Gasteiger partial charge in [0.1, 0.15) is 0 Å². The second-order valence-electron chi connectivity index (χ2n) is 4.62. The molecule has 17 heavy (non-hydrogen) atoms. The maximum atomic E-state index is 4.54. The molecule has 2 rings (SSSR count).